The second-order valence-corrected chi connectivity index (χ2v) is 8.65. The molecule has 0 aliphatic rings. The highest BCUT2D eigenvalue weighted by atomic mass is 79.9. The Balaban J connectivity index is 2.21. The number of hydrogen-bond acceptors (Lipinski definition) is 3. The number of benzene rings is 2. The molecule has 0 unspecified atom stereocenters. The molecule has 0 aliphatic heterocycles. The van der Waals surface area contributed by atoms with Crippen molar-refractivity contribution in [1.82, 2.24) is 14.9 Å². The fourth-order valence-electron chi connectivity index (χ4n) is 2.79. The molecule has 0 saturated heterocycles. The first-order valence-electron chi connectivity index (χ1n) is 8.41. The zero-order valence-electron chi connectivity index (χ0n) is 15.2. The highest BCUT2D eigenvalue weighted by molar-refractivity contribution is 9.10. The van der Waals surface area contributed by atoms with Crippen molar-refractivity contribution in [2.75, 3.05) is 0 Å². The summed E-state index contributed by atoms with van der Waals surface area (Å²) >= 11 is 9.50. The highest BCUT2D eigenvalue weighted by Crippen LogP contribution is 2.23. The smallest absolute Gasteiger partial charge is 0.262 e. The molecule has 0 bridgehead atoms. The number of fused-ring (bicyclic) bond motifs is 1. The molecule has 3 rings (SSSR count). The van der Waals surface area contributed by atoms with Gasteiger partial charge in [-0.3, -0.25) is 14.2 Å². The van der Waals surface area contributed by atoms with E-state index in [1.54, 1.807) is 30.3 Å². The monoisotopic (exact) mass is 447 g/mol. The van der Waals surface area contributed by atoms with Gasteiger partial charge < -0.3 is 5.32 Å². The van der Waals surface area contributed by atoms with Gasteiger partial charge in [0.25, 0.3) is 5.56 Å². The van der Waals surface area contributed by atoms with Crippen molar-refractivity contribution in [3.05, 3.63) is 62.3 Å². The Labute approximate surface area is 170 Å². The largest absolute Gasteiger partial charge is 0.350 e. The lowest BCUT2D eigenvalue weighted by Crippen LogP contribution is -2.43. The van der Waals surface area contributed by atoms with Crippen molar-refractivity contribution >= 4 is 44.3 Å². The molecule has 0 radical (unpaired) electrons. The first-order chi connectivity index (χ1) is 12.6. The van der Waals surface area contributed by atoms with E-state index < -0.39 is 5.54 Å². The summed E-state index contributed by atoms with van der Waals surface area (Å²) in [5.74, 6) is 0.144. The van der Waals surface area contributed by atoms with Crippen molar-refractivity contribution in [3.8, 4) is 11.4 Å². The van der Waals surface area contributed by atoms with Crippen LogP contribution in [0.15, 0.2) is 51.7 Å². The van der Waals surface area contributed by atoms with E-state index in [1.165, 1.54) is 4.57 Å². The fraction of sp³-hybridized carbons (Fsp3) is 0.250. The predicted molar refractivity (Wildman–Crippen MR) is 112 cm³/mol. The summed E-state index contributed by atoms with van der Waals surface area (Å²) in [6.07, 6.45) is 0. The molecule has 1 heterocycles. The van der Waals surface area contributed by atoms with Crippen LogP contribution in [0.2, 0.25) is 5.02 Å². The molecule has 0 aliphatic carbocycles. The molecule has 1 N–H and O–H groups in total. The Bertz CT molecular complexity index is 1090. The zero-order valence-corrected chi connectivity index (χ0v) is 17.6. The average Bonchev–Trinajstić information content (AvgIpc) is 2.56. The van der Waals surface area contributed by atoms with Crippen LogP contribution in [0.5, 0.6) is 0 Å². The molecule has 3 aromatic rings. The summed E-state index contributed by atoms with van der Waals surface area (Å²) in [5.41, 5.74) is 0.559. The van der Waals surface area contributed by atoms with E-state index in [1.807, 2.05) is 32.9 Å². The molecule has 27 heavy (non-hydrogen) atoms. The van der Waals surface area contributed by atoms with Crippen LogP contribution in [0.3, 0.4) is 0 Å². The molecule has 0 spiro atoms. The maximum absolute atomic E-state index is 13.1. The van der Waals surface area contributed by atoms with Gasteiger partial charge in [0.15, 0.2) is 0 Å². The minimum atomic E-state index is -0.399. The van der Waals surface area contributed by atoms with Gasteiger partial charge in [-0.25, -0.2) is 4.98 Å². The summed E-state index contributed by atoms with van der Waals surface area (Å²) in [4.78, 5) is 30.3. The topological polar surface area (TPSA) is 64.0 Å². The molecule has 140 valence electrons. The fourth-order valence-corrected chi connectivity index (χ4v) is 3.34. The number of carbonyl (C=O) groups is 1. The first kappa shape index (κ1) is 19.6. The molecular weight excluding hydrogens is 430 g/mol. The van der Waals surface area contributed by atoms with Crippen LogP contribution in [0.4, 0.5) is 0 Å². The molecule has 7 heteroatoms. The SMILES string of the molecule is CC(C)(C)NC(=O)Cn1c(-c2cccc(Cl)c2)nc2ccc(Br)cc2c1=O. The quantitative estimate of drug-likeness (QED) is 0.646. The van der Waals surface area contributed by atoms with Gasteiger partial charge in [0.05, 0.1) is 10.9 Å². The Hall–Kier alpha value is -2.18. The van der Waals surface area contributed by atoms with Crippen molar-refractivity contribution in [2.24, 2.45) is 0 Å². The van der Waals surface area contributed by atoms with E-state index in [9.17, 15) is 9.59 Å². The summed E-state index contributed by atoms with van der Waals surface area (Å²) in [5, 5.41) is 3.86. The number of aromatic nitrogens is 2. The van der Waals surface area contributed by atoms with Gasteiger partial charge in [-0.1, -0.05) is 39.7 Å². The van der Waals surface area contributed by atoms with Crippen molar-refractivity contribution in [3.63, 3.8) is 0 Å². The summed E-state index contributed by atoms with van der Waals surface area (Å²) in [6.45, 7) is 5.54. The van der Waals surface area contributed by atoms with Crippen LogP contribution in [0, 0.1) is 0 Å². The van der Waals surface area contributed by atoms with E-state index in [0.29, 0.717) is 27.3 Å². The van der Waals surface area contributed by atoms with Crippen LogP contribution < -0.4 is 10.9 Å². The molecule has 2 aromatic carbocycles. The third-order valence-electron chi connectivity index (χ3n) is 3.82. The number of hydrogen-bond donors (Lipinski definition) is 1. The third kappa shape index (κ3) is 4.57. The molecule has 0 fully saturated rings. The van der Waals surface area contributed by atoms with Gasteiger partial charge in [-0.05, 0) is 51.1 Å². The molecular formula is C20H19BrClN3O2. The van der Waals surface area contributed by atoms with Gasteiger partial charge in [0.1, 0.15) is 12.4 Å². The van der Waals surface area contributed by atoms with Crippen molar-refractivity contribution in [2.45, 2.75) is 32.9 Å². The molecule has 1 aromatic heterocycles. The molecule has 0 atom stereocenters. The standard InChI is InChI=1S/C20H19BrClN3O2/c1-20(2,3)24-17(26)11-25-18(12-5-4-6-14(22)9-12)23-16-8-7-13(21)10-15(16)19(25)27/h4-10H,11H2,1-3H3,(H,24,26). The number of nitrogens with zero attached hydrogens (tertiary/aromatic N) is 2. The Kier molecular flexibility index (Phi) is 5.40. The Morgan fingerprint density at radius 3 is 2.63 bits per heavy atom. The molecule has 1 amide bonds. The predicted octanol–water partition coefficient (Wildman–Crippen LogP) is 4.39. The third-order valence-corrected chi connectivity index (χ3v) is 4.54. The summed E-state index contributed by atoms with van der Waals surface area (Å²) in [6, 6.07) is 12.4. The second-order valence-electron chi connectivity index (χ2n) is 7.30. The van der Waals surface area contributed by atoms with E-state index in [2.05, 4.69) is 26.2 Å². The minimum Gasteiger partial charge on any atom is -0.350 e. The van der Waals surface area contributed by atoms with Gasteiger partial charge in [0, 0.05) is 20.6 Å². The lowest BCUT2D eigenvalue weighted by atomic mass is 10.1. The van der Waals surface area contributed by atoms with Crippen molar-refractivity contribution in [1.29, 1.82) is 0 Å². The van der Waals surface area contributed by atoms with E-state index in [4.69, 9.17) is 11.6 Å². The number of nitrogens with one attached hydrogen (secondary N) is 1. The van der Waals surface area contributed by atoms with Gasteiger partial charge in [0.2, 0.25) is 5.91 Å². The van der Waals surface area contributed by atoms with Crippen molar-refractivity contribution < 1.29 is 4.79 Å². The lowest BCUT2D eigenvalue weighted by Gasteiger charge is -2.21. The number of amides is 1. The van der Waals surface area contributed by atoms with E-state index in [0.717, 1.165) is 4.47 Å². The number of halogens is 2. The van der Waals surface area contributed by atoms with E-state index in [-0.39, 0.29) is 18.0 Å². The minimum absolute atomic E-state index is 0.132. The second kappa shape index (κ2) is 7.44. The van der Waals surface area contributed by atoms with Crippen LogP contribution >= 0.6 is 27.5 Å². The van der Waals surface area contributed by atoms with Crippen LogP contribution in [0.25, 0.3) is 22.3 Å². The lowest BCUT2D eigenvalue weighted by molar-refractivity contribution is -0.123. The average molecular weight is 449 g/mol. The molecule has 5 nitrogen and oxygen atoms in total. The van der Waals surface area contributed by atoms with E-state index >= 15 is 0 Å². The summed E-state index contributed by atoms with van der Waals surface area (Å²) < 4.78 is 2.16. The van der Waals surface area contributed by atoms with Crippen LogP contribution in [-0.4, -0.2) is 21.0 Å². The van der Waals surface area contributed by atoms with Gasteiger partial charge in [-0.15, -0.1) is 0 Å². The highest BCUT2D eigenvalue weighted by Gasteiger charge is 2.19. The Morgan fingerprint density at radius 2 is 1.96 bits per heavy atom. The summed E-state index contributed by atoms with van der Waals surface area (Å²) in [7, 11) is 0. The number of rotatable bonds is 3. The van der Waals surface area contributed by atoms with Gasteiger partial charge >= 0.3 is 0 Å². The first-order valence-corrected chi connectivity index (χ1v) is 9.58. The van der Waals surface area contributed by atoms with Crippen LogP contribution in [0.1, 0.15) is 20.8 Å². The molecule has 0 saturated carbocycles. The Morgan fingerprint density at radius 1 is 1.22 bits per heavy atom. The van der Waals surface area contributed by atoms with Crippen LogP contribution in [-0.2, 0) is 11.3 Å². The normalized spacial score (nSPS) is 11.6. The number of carbonyl (C=O) groups excluding carboxylic acids is 1. The maximum Gasteiger partial charge on any atom is 0.262 e. The maximum atomic E-state index is 13.1. The zero-order chi connectivity index (χ0) is 19.8. The van der Waals surface area contributed by atoms with Gasteiger partial charge in [-0.2, -0.15) is 0 Å².